The van der Waals surface area contributed by atoms with Gasteiger partial charge >= 0.3 is 0 Å². The first-order valence-corrected chi connectivity index (χ1v) is 9.42. The zero-order chi connectivity index (χ0) is 20.5. The first-order chi connectivity index (χ1) is 14.0. The summed E-state index contributed by atoms with van der Waals surface area (Å²) in [5.74, 6) is 0.575. The minimum Gasteiger partial charge on any atom is -0.339 e. The largest absolute Gasteiger partial charge is 0.339 e. The molecule has 0 atom stereocenters. The molecule has 0 saturated heterocycles. The van der Waals surface area contributed by atoms with E-state index in [0.29, 0.717) is 22.9 Å². The summed E-state index contributed by atoms with van der Waals surface area (Å²) in [6.45, 7) is 2.19. The lowest BCUT2D eigenvalue weighted by Gasteiger charge is -2.22. The van der Waals surface area contributed by atoms with Gasteiger partial charge in [0.25, 0.3) is 0 Å². The number of nitrogens with one attached hydrogen (secondary N) is 1. The molecule has 29 heavy (non-hydrogen) atoms. The highest BCUT2D eigenvalue weighted by Crippen LogP contribution is 2.34. The molecule has 1 aliphatic heterocycles. The van der Waals surface area contributed by atoms with Crippen molar-refractivity contribution in [2.75, 3.05) is 11.9 Å². The van der Waals surface area contributed by atoms with Gasteiger partial charge in [0.2, 0.25) is 5.91 Å². The molecule has 148 valence electrons. The average Bonchev–Trinajstić information content (AvgIpc) is 3.08. The Hall–Kier alpha value is -3.16. The van der Waals surface area contributed by atoms with Crippen LogP contribution in [0.4, 0.5) is 15.9 Å². The number of rotatable bonds is 4. The van der Waals surface area contributed by atoms with Crippen molar-refractivity contribution in [1.29, 1.82) is 0 Å². The standard InChI is InChI=1S/C21H19ClFN5O/c1-13-2-5-15(6-3-13)25-21-20(14-4-7-16(22)17(23)10-14)26-18-12-27(19(29)11-24)8-9-28(18)21/h2-10,25H,11-12,24H2,1H3. The molecule has 0 bridgehead atoms. The Kier molecular flexibility index (Phi) is 5.08. The van der Waals surface area contributed by atoms with Gasteiger partial charge in [0.05, 0.1) is 18.1 Å². The van der Waals surface area contributed by atoms with Crippen molar-refractivity contribution in [1.82, 2.24) is 14.5 Å². The van der Waals surface area contributed by atoms with Crippen molar-refractivity contribution in [2.24, 2.45) is 5.73 Å². The van der Waals surface area contributed by atoms with Gasteiger partial charge in [-0.1, -0.05) is 35.4 Å². The number of carbonyl (C=O) groups is 1. The molecular weight excluding hydrogens is 393 g/mol. The lowest BCUT2D eigenvalue weighted by Crippen LogP contribution is -2.33. The second-order valence-electron chi connectivity index (χ2n) is 6.74. The fraction of sp³-hybridized carbons (Fsp3) is 0.143. The zero-order valence-corrected chi connectivity index (χ0v) is 16.4. The van der Waals surface area contributed by atoms with Gasteiger partial charge in [-0.15, -0.1) is 0 Å². The predicted octanol–water partition coefficient (Wildman–Crippen LogP) is 4.12. The molecule has 1 aromatic heterocycles. The fourth-order valence-electron chi connectivity index (χ4n) is 3.13. The van der Waals surface area contributed by atoms with Crippen LogP contribution in [0, 0.1) is 12.7 Å². The normalized spacial score (nSPS) is 12.8. The van der Waals surface area contributed by atoms with Gasteiger partial charge in [0.15, 0.2) is 0 Å². The number of aryl methyl sites for hydroxylation is 1. The van der Waals surface area contributed by atoms with Crippen LogP contribution in [0.1, 0.15) is 11.4 Å². The van der Waals surface area contributed by atoms with E-state index in [-0.39, 0.29) is 24.0 Å². The van der Waals surface area contributed by atoms with Crippen LogP contribution in [0.5, 0.6) is 0 Å². The van der Waals surface area contributed by atoms with Crippen molar-refractivity contribution in [3.8, 4) is 11.3 Å². The third-order valence-electron chi connectivity index (χ3n) is 4.69. The van der Waals surface area contributed by atoms with Crippen molar-refractivity contribution < 1.29 is 9.18 Å². The Balaban J connectivity index is 1.80. The summed E-state index contributed by atoms with van der Waals surface area (Å²) in [6, 6.07) is 12.5. The maximum atomic E-state index is 14.1. The van der Waals surface area contributed by atoms with E-state index in [9.17, 15) is 9.18 Å². The van der Waals surface area contributed by atoms with Crippen molar-refractivity contribution in [3.63, 3.8) is 0 Å². The molecule has 2 aromatic carbocycles. The summed E-state index contributed by atoms with van der Waals surface area (Å²) >= 11 is 5.84. The molecular formula is C21H19ClFN5O. The summed E-state index contributed by atoms with van der Waals surface area (Å²) < 4.78 is 15.9. The predicted molar refractivity (Wildman–Crippen MR) is 112 cm³/mol. The van der Waals surface area contributed by atoms with E-state index >= 15 is 0 Å². The number of aromatic nitrogens is 2. The van der Waals surface area contributed by atoms with Crippen LogP contribution in [-0.2, 0) is 11.3 Å². The smallest absolute Gasteiger partial charge is 0.240 e. The number of carbonyl (C=O) groups excluding carboxylic acids is 1. The molecule has 0 radical (unpaired) electrons. The topological polar surface area (TPSA) is 76.2 Å². The van der Waals surface area contributed by atoms with E-state index in [1.807, 2.05) is 35.8 Å². The molecule has 3 aromatic rings. The second kappa shape index (κ2) is 7.69. The Labute approximate surface area is 172 Å². The van der Waals surface area contributed by atoms with E-state index in [1.165, 1.54) is 17.0 Å². The summed E-state index contributed by atoms with van der Waals surface area (Å²) in [5, 5.41) is 3.41. The minimum absolute atomic E-state index is 0.0466. The van der Waals surface area contributed by atoms with Crippen LogP contribution in [0.2, 0.25) is 5.02 Å². The number of nitrogens with two attached hydrogens (primary N) is 1. The average molecular weight is 412 g/mol. The Bertz CT molecular complexity index is 1110. The van der Waals surface area contributed by atoms with Gasteiger partial charge in [-0.05, 0) is 31.2 Å². The molecule has 3 N–H and O–H groups in total. The second-order valence-corrected chi connectivity index (χ2v) is 7.15. The van der Waals surface area contributed by atoms with Crippen LogP contribution in [0.15, 0.2) is 48.7 Å². The number of hydrogen-bond acceptors (Lipinski definition) is 4. The zero-order valence-electron chi connectivity index (χ0n) is 15.7. The summed E-state index contributed by atoms with van der Waals surface area (Å²) in [7, 11) is 0. The third kappa shape index (κ3) is 3.74. The Morgan fingerprint density at radius 2 is 2.00 bits per heavy atom. The van der Waals surface area contributed by atoms with Gasteiger partial charge in [0, 0.05) is 23.7 Å². The van der Waals surface area contributed by atoms with Gasteiger partial charge in [-0.2, -0.15) is 0 Å². The minimum atomic E-state index is -0.521. The van der Waals surface area contributed by atoms with E-state index in [2.05, 4.69) is 10.3 Å². The molecule has 0 spiro atoms. The first-order valence-electron chi connectivity index (χ1n) is 9.04. The molecule has 0 fully saturated rings. The Morgan fingerprint density at radius 1 is 1.24 bits per heavy atom. The van der Waals surface area contributed by atoms with Gasteiger partial charge in [-0.3, -0.25) is 9.36 Å². The monoisotopic (exact) mass is 411 g/mol. The highest BCUT2D eigenvalue weighted by Gasteiger charge is 2.24. The molecule has 8 heteroatoms. The number of halogens is 2. The maximum Gasteiger partial charge on any atom is 0.240 e. The van der Waals surface area contributed by atoms with Crippen LogP contribution in [0.3, 0.4) is 0 Å². The van der Waals surface area contributed by atoms with Gasteiger partial charge in [-0.25, -0.2) is 9.37 Å². The molecule has 6 nitrogen and oxygen atoms in total. The molecule has 1 aliphatic rings. The highest BCUT2D eigenvalue weighted by molar-refractivity contribution is 6.30. The summed E-state index contributed by atoms with van der Waals surface area (Å²) in [6.07, 6.45) is 3.40. The maximum absolute atomic E-state index is 14.1. The lowest BCUT2D eigenvalue weighted by molar-refractivity contribution is -0.127. The Morgan fingerprint density at radius 3 is 2.69 bits per heavy atom. The number of hydrogen-bond donors (Lipinski definition) is 2. The van der Waals surface area contributed by atoms with Crippen molar-refractivity contribution in [2.45, 2.75) is 13.5 Å². The molecule has 1 amide bonds. The lowest BCUT2D eigenvalue weighted by atomic mass is 10.1. The highest BCUT2D eigenvalue weighted by atomic mass is 35.5. The SMILES string of the molecule is Cc1ccc(Nc2c(-c3ccc(Cl)c(F)c3)nc3n2C=CN(C(=O)CN)C3)cc1. The van der Waals surface area contributed by atoms with Gasteiger partial charge < -0.3 is 16.0 Å². The summed E-state index contributed by atoms with van der Waals surface area (Å²) in [5.41, 5.74) is 8.62. The van der Waals surface area contributed by atoms with Crippen LogP contribution in [0.25, 0.3) is 17.5 Å². The number of fused-ring (bicyclic) bond motifs is 1. The number of imidazole rings is 1. The van der Waals surface area contributed by atoms with Gasteiger partial charge in [0.1, 0.15) is 23.2 Å². The van der Waals surface area contributed by atoms with E-state index < -0.39 is 5.82 Å². The van der Waals surface area contributed by atoms with E-state index in [0.717, 1.165) is 11.3 Å². The number of nitrogens with zero attached hydrogens (tertiary/aromatic N) is 3. The van der Waals surface area contributed by atoms with Crippen molar-refractivity contribution >= 4 is 35.2 Å². The first kappa shape index (κ1) is 19.2. The molecule has 0 unspecified atom stereocenters. The molecule has 4 rings (SSSR count). The van der Waals surface area contributed by atoms with Crippen LogP contribution in [-0.4, -0.2) is 26.9 Å². The van der Waals surface area contributed by atoms with Crippen molar-refractivity contribution in [3.05, 3.63) is 70.9 Å². The van der Waals surface area contributed by atoms with Crippen LogP contribution < -0.4 is 11.1 Å². The van der Waals surface area contributed by atoms with E-state index in [4.69, 9.17) is 17.3 Å². The third-order valence-corrected chi connectivity index (χ3v) is 5.00. The number of benzene rings is 2. The van der Waals surface area contributed by atoms with E-state index in [1.54, 1.807) is 18.5 Å². The quantitative estimate of drug-likeness (QED) is 0.677. The fourth-order valence-corrected chi connectivity index (χ4v) is 3.25. The molecule has 0 saturated carbocycles. The summed E-state index contributed by atoms with van der Waals surface area (Å²) in [4.78, 5) is 18.2. The number of amides is 1. The number of anilines is 2. The molecule has 0 aliphatic carbocycles. The molecule has 2 heterocycles. The van der Waals surface area contributed by atoms with Crippen LogP contribution >= 0.6 is 11.6 Å².